The van der Waals surface area contributed by atoms with Crippen LogP contribution in [0.5, 0.6) is 0 Å². The minimum atomic E-state index is -0.540. The summed E-state index contributed by atoms with van der Waals surface area (Å²) in [4.78, 5) is 41.3. The maximum absolute atomic E-state index is 13.2. The van der Waals surface area contributed by atoms with Gasteiger partial charge in [0.1, 0.15) is 23.4 Å². The predicted molar refractivity (Wildman–Crippen MR) is 129 cm³/mol. The Bertz CT molecular complexity index is 1020. The van der Waals surface area contributed by atoms with E-state index in [4.69, 9.17) is 9.47 Å². The third-order valence-electron chi connectivity index (χ3n) is 6.06. The summed E-state index contributed by atoms with van der Waals surface area (Å²) in [5.74, 6) is 0.514. The molecular weight excluding hydrogens is 436 g/mol. The number of piperidine rings is 1. The Morgan fingerprint density at radius 2 is 2.00 bits per heavy atom. The summed E-state index contributed by atoms with van der Waals surface area (Å²) in [6, 6.07) is -0.0176. The standard InChI is InChI=1S/C24H36N6O4/c1-15(2)33-17-12-29(13-17)22(31)18-11-26-21-19(18)20(27-14-28-21)25-10-16-8-6-7-9-30(16)23(32)34-24(3,4)5/h11,14-17H,6-10,12-13H2,1-5H3,(H2,25,26,27,28). The number of likely N-dealkylation sites (tertiary alicyclic amines) is 2. The first-order valence-electron chi connectivity index (χ1n) is 12.1. The minimum absolute atomic E-state index is 0.0176. The van der Waals surface area contributed by atoms with Crippen LogP contribution in [-0.4, -0.2) is 86.8 Å². The zero-order chi connectivity index (χ0) is 24.5. The van der Waals surface area contributed by atoms with Crippen molar-refractivity contribution in [2.24, 2.45) is 0 Å². The van der Waals surface area contributed by atoms with Crippen molar-refractivity contribution in [2.75, 3.05) is 31.5 Å². The number of ether oxygens (including phenoxy) is 2. The van der Waals surface area contributed by atoms with E-state index in [0.29, 0.717) is 48.6 Å². The van der Waals surface area contributed by atoms with Crippen LogP contribution < -0.4 is 5.32 Å². The van der Waals surface area contributed by atoms with Gasteiger partial charge in [-0.2, -0.15) is 0 Å². The number of rotatable bonds is 6. The van der Waals surface area contributed by atoms with E-state index >= 15 is 0 Å². The molecule has 2 aliphatic heterocycles. The molecule has 0 aromatic carbocycles. The lowest BCUT2D eigenvalue weighted by Crippen LogP contribution is -2.55. The highest BCUT2D eigenvalue weighted by molar-refractivity contribution is 6.09. The van der Waals surface area contributed by atoms with E-state index in [9.17, 15) is 9.59 Å². The molecule has 0 bridgehead atoms. The molecule has 0 aliphatic carbocycles. The molecule has 2 aliphatic rings. The highest BCUT2D eigenvalue weighted by Crippen LogP contribution is 2.28. The fourth-order valence-electron chi connectivity index (χ4n) is 4.50. The number of aromatic nitrogens is 3. The maximum atomic E-state index is 13.2. The van der Waals surface area contributed by atoms with Crippen LogP contribution in [0.2, 0.25) is 0 Å². The molecule has 2 aromatic rings. The van der Waals surface area contributed by atoms with Crippen LogP contribution in [0.25, 0.3) is 11.0 Å². The second kappa shape index (κ2) is 9.77. The van der Waals surface area contributed by atoms with Crippen molar-refractivity contribution in [3.63, 3.8) is 0 Å². The van der Waals surface area contributed by atoms with E-state index in [1.807, 2.05) is 34.6 Å². The summed E-state index contributed by atoms with van der Waals surface area (Å²) < 4.78 is 11.4. The molecule has 0 radical (unpaired) electrons. The lowest BCUT2D eigenvalue weighted by atomic mass is 10.0. The number of hydrogen-bond donors (Lipinski definition) is 2. The molecule has 186 valence electrons. The van der Waals surface area contributed by atoms with E-state index < -0.39 is 5.60 Å². The molecule has 0 spiro atoms. The maximum Gasteiger partial charge on any atom is 0.410 e. The van der Waals surface area contributed by atoms with Crippen molar-refractivity contribution in [3.8, 4) is 0 Å². The zero-order valence-electron chi connectivity index (χ0n) is 20.8. The summed E-state index contributed by atoms with van der Waals surface area (Å²) in [7, 11) is 0. The highest BCUT2D eigenvalue weighted by atomic mass is 16.6. The first kappa shape index (κ1) is 24.3. The number of nitrogens with zero attached hydrogens (tertiary/aromatic N) is 4. The quantitative estimate of drug-likeness (QED) is 0.662. The number of anilines is 1. The molecule has 2 saturated heterocycles. The van der Waals surface area contributed by atoms with Gasteiger partial charge in [0.25, 0.3) is 5.91 Å². The number of H-pyrrole nitrogens is 1. The summed E-state index contributed by atoms with van der Waals surface area (Å²) in [6.45, 7) is 11.9. The number of amides is 2. The van der Waals surface area contributed by atoms with Crippen LogP contribution in [0.1, 0.15) is 64.2 Å². The Morgan fingerprint density at radius 1 is 1.24 bits per heavy atom. The molecule has 10 nitrogen and oxygen atoms in total. The van der Waals surface area contributed by atoms with Gasteiger partial charge in [0.05, 0.1) is 29.2 Å². The van der Waals surface area contributed by atoms with Gasteiger partial charge < -0.3 is 29.6 Å². The Hall–Kier alpha value is -2.88. The van der Waals surface area contributed by atoms with Crippen molar-refractivity contribution in [3.05, 3.63) is 18.1 Å². The molecule has 1 unspecified atom stereocenters. The van der Waals surface area contributed by atoms with Crippen molar-refractivity contribution < 1.29 is 19.1 Å². The largest absolute Gasteiger partial charge is 0.444 e. The predicted octanol–water partition coefficient (Wildman–Crippen LogP) is 3.41. The van der Waals surface area contributed by atoms with Gasteiger partial charge >= 0.3 is 6.09 Å². The van der Waals surface area contributed by atoms with E-state index in [-0.39, 0.29) is 30.3 Å². The number of aromatic amines is 1. The Labute approximate surface area is 200 Å². The number of carbonyl (C=O) groups excluding carboxylic acids is 2. The molecule has 1 atom stereocenters. The molecule has 2 aromatic heterocycles. The Balaban J connectivity index is 1.47. The summed E-state index contributed by atoms with van der Waals surface area (Å²) in [6.07, 6.45) is 5.97. The molecule has 4 rings (SSSR count). The van der Waals surface area contributed by atoms with Crippen molar-refractivity contribution in [1.82, 2.24) is 24.8 Å². The number of hydrogen-bond acceptors (Lipinski definition) is 7. The third kappa shape index (κ3) is 5.43. The third-order valence-corrected chi connectivity index (χ3v) is 6.06. The number of nitrogens with one attached hydrogen (secondary N) is 2. The smallest absolute Gasteiger partial charge is 0.410 e. The van der Waals surface area contributed by atoms with E-state index in [0.717, 1.165) is 19.3 Å². The van der Waals surface area contributed by atoms with Gasteiger partial charge in [-0.25, -0.2) is 14.8 Å². The van der Waals surface area contributed by atoms with E-state index in [1.165, 1.54) is 6.33 Å². The van der Waals surface area contributed by atoms with Gasteiger partial charge in [0.2, 0.25) is 0 Å². The summed E-state index contributed by atoms with van der Waals surface area (Å²) in [5, 5.41) is 4.05. The Morgan fingerprint density at radius 3 is 2.71 bits per heavy atom. The topological polar surface area (TPSA) is 113 Å². The molecule has 34 heavy (non-hydrogen) atoms. The van der Waals surface area contributed by atoms with Crippen LogP contribution in [0, 0.1) is 0 Å². The van der Waals surface area contributed by atoms with Gasteiger partial charge in [-0.1, -0.05) is 0 Å². The second-order valence-electron chi connectivity index (χ2n) is 10.4. The molecule has 2 N–H and O–H groups in total. The van der Waals surface area contributed by atoms with Crippen molar-refractivity contribution in [2.45, 2.75) is 77.7 Å². The van der Waals surface area contributed by atoms with Gasteiger partial charge in [-0.05, 0) is 53.9 Å². The fourth-order valence-corrected chi connectivity index (χ4v) is 4.50. The van der Waals surface area contributed by atoms with Gasteiger partial charge in [0, 0.05) is 32.4 Å². The monoisotopic (exact) mass is 472 g/mol. The fraction of sp³-hybridized carbons (Fsp3) is 0.667. The number of fused-ring (bicyclic) bond motifs is 1. The molecule has 4 heterocycles. The molecule has 10 heteroatoms. The Kier molecular flexibility index (Phi) is 6.97. The van der Waals surface area contributed by atoms with Crippen LogP contribution in [0.4, 0.5) is 10.6 Å². The zero-order valence-corrected chi connectivity index (χ0v) is 20.8. The van der Waals surface area contributed by atoms with Crippen LogP contribution >= 0.6 is 0 Å². The summed E-state index contributed by atoms with van der Waals surface area (Å²) >= 11 is 0. The van der Waals surface area contributed by atoms with Crippen molar-refractivity contribution in [1.29, 1.82) is 0 Å². The molecule has 2 fully saturated rings. The summed E-state index contributed by atoms with van der Waals surface area (Å²) in [5.41, 5.74) is 0.597. The first-order chi connectivity index (χ1) is 16.1. The van der Waals surface area contributed by atoms with Crippen LogP contribution in [0.15, 0.2) is 12.5 Å². The van der Waals surface area contributed by atoms with E-state index in [1.54, 1.807) is 16.0 Å². The van der Waals surface area contributed by atoms with Gasteiger partial charge in [-0.15, -0.1) is 0 Å². The molecule has 0 saturated carbocycles. The SMILES string of the molecule is CC(C)OC1CN(C(=O)c2c[nH]c3ncnc(NCC4CCCCN4C(=O)OC(C)(C)C)c23)C1. The average Bonchev–Trinajstić information content (AvgIpc) is 3.18. The van der Waals surface area contributed by atoms with E-state index in [2.05, 4.69) is 20.3 Å². The van der Waals surface area contributed by atoms with Crippen molar-refractivity contribution >= 4 is 28.9 Å². The average molecular weight is 473 g/mol. The number of carbonyl (C=O) groups is 2. The lowest BCUT2D eigenvalue weighted by molar-refractivity contribution is -0.0683. The van der Waals surface area contributed by atoms with Gasteiger partial charge in [0.15, 0.2) is 0 Å². The first-order valence-corrected chi connectivity index (χ1v) is 12.1. The highest BCUT2D eigenvalue weighted by Gasteiger charge is 2.34. The molecular formula is C24H36N6O4. The lowest BCUT2D eigenvalue weighted by Gasteiger charge is -2.39. The van der Waals surface area contributed by atoms with Gasteiger partial charge in [-0.3, -0.25) is 4.79 Å². The van der Waals surface area contributed by atoms with Crippen LogP contribution in [0.3, 0.4) is 0 Å². The normalized spacial score (nSPS) is 19.4. The minimum Gasteiger partial charge on any atom is -0.444 e. The molecule has 2 amide bonds. The van der Waals surface area contributed by atoms with Crippen LogP contribution in [-0.2, 0) is 9.47 Å². The second-order valence-corrected chi connectivity index (χ2v) is 10.4.